The molecule has 0 saturated heterocycles. The van der Waals surface area contributed by atoms with Crippen molar-refractivity contribution in [2.75, 3.05) is 14.2 Å². The molecule has 0 amide bonds. The summed E-state index contributed by atoms with van der Waals surface area (Å²) in [7, 11) is 2.57. The third-order valence-corrected chi connectivity index (χ3v) is 1.77. The predicted octanol–water partition coefficient (Wildman–Crippen LogP) is -0.0506. The number of carbonyl (C=O) groups is 2. The Bertz CT molecular complexity index is 306. The Balaban J connectivity index is 2.77. The first kappa shape index (κ1) is 10.3. The van der Waals surface area contributed by atoms with Crippen LogP contribution in [0.1, 0.15) is 0 Å². The SMILES string of the molecule is COC(=O)C1=CC(C(=O)OC)C=CN1. The second kappa shape index (κ2) is 4.45. The molecule has 0 aromatic heterocycles. The van der Waals surface area contributed by atoms with Gasteiger partial charge in [-0.15, -0.1) is 0 Å². The lowest BCUT2D eigenvalue weighted by Crippen LogP contribution is -2.24. The molecule has 0 aliphatic carbocycles. The summed E-state index contributed by atoms with van der Waals surface area (Å²) in [5.74, 6) is -1.46. The normalized spacial score (nSPS) is 19.3. The summed E-state index contributed by atoms with van der Waals surface area (Å²) >= 11 is 0. The van der Waals surface area contributed by atoms with Crippen molar-refractivity contribution < 1.29 is 19.1 Å². The average Bonchev–Trinajstić information content (AvgIpc) is 2.27. The lowest BCUT2D eigenvalue weighted by Gasteiger charge is -2.13. The zero-order valence-corrected chi connectivity index (χ0v) is 7.94. The Morgan fingerprint density at radius 2 is 2.07 bits per heavy atom. The van der Waals surface area contributed by atoms with Gasteiger partial charge in [-0.25, -0.2) is 4.79 Å². The first-order chi connectivity index (χ1) is 6.69. The number of esters is 2. The lowest BCUT2D eigenvalue weighted by atomic mass is 10.1. The molecule has 1 rings (SSSR count). The van der Waals surface area contributed by atoms with Gasteiger partial charge in [0, 0.05) is 0 Å². The van der Waals surface area contributed by atoms with E-state index < -0.39 is 17.9 Å². The Hall–Kier alpha value is -1.78. The van der Waals surface area contributed by atoms with Gasteiger partial charge in [0.05, 0.1) is 20.1 Å². The van der Waals surface area contributed by atoms with Crippen LogP contribution in [0.3, 0.4) is 0 Å². The largest absolute Gasteiger partial charge is 0.468 e. The summed E-state index contributed by atoms with van der Waals surface area (Å²) in [6.07, 6.45) is 4.56. The van der Waals surface area contributed by atoms with Gasteiger partial charge < -0.3 is 14.8 Å². The van der Waals surface area contributed by atoms with Crippen LogP contribution >= 0.6 is 0 Å². The number of ether oxygens (including phenoxy) is 2. The number of nitrogens with one attached hydrogen (secondary N) is 1. The molecular formula is C9H11NO4. The van der Waals surface area contributed by atoms with Crippen molar-refractivity contribution in [2.45, 2.75) is 0 Å². The second-order valence-corrected chi connectivity index (χ2v) is 2.62. The summed E-state index contributed by atoms with van der Waals surface area (Å²) in [4.78, 5) is 22.2. The Morgan fingerprint density at radius 1 is 1.36 bits per heavy atom. The third-order valence-electron chi connectivity index (χ3n) is 1.77. The average molecular weight is 197 g/mol. The van der Waals surface area contributed by atoms with Crippen molar-refractivity contribution in [1.82, 2.24) is 5.32 Å². The minimum Gasteiger partial charge on any atom is -0.468 e. The monoisotopic (exact) mass is 197 g/mol. The van der Waals surface area contributed by atoms with Crippen LogP contribution in [-0.4, -0.2) is 26.2 Å². The lowest BCUT2D eigenvalue weighted by molar-refractivity contribution is -0.142. The van der Waals surface area contributed by atoms with E-state index in [0.717, 1.165) is 0 Å². The van der Waals surface area contributed by atoms with E-state index in [9.17, 15) is 9.59 Å². The number of hydrogen-bond acceptors (Lipinski definition) is 5. The van der Waals surface area contributed by atoms with E-state index in [1.54, 1.807) is 6.08 Å². The fourth-order valence-electron chi connectivity index (χ4n) is 1.04. The Labute approximate surface area is 81.4 Å². The van der Waals surface area contributed by atoms with Gasteiger partial charge in [-0.3, -0.25) is 4.79 Å². The number of rotatable bonds is 2. The van der Waals surface area contributed by atoms with E-state index in [4.69, 9.17) is 0 Å². The highest BCUT2D eigenvalue weighted by molar-refractivity contribution is 5.90. The number of carbonyl (C=O) groups excluding carboxylic acids is 2. The molecule has 76 valence electrons. The van der Waals surface area contributed by atoms with Crippen LogP contribution in [0.25, 0.3) is 0 Å². The molecule has 0 spiro atoms. The fraction of sp³-hybridized carbons (Fsp3) is 0.333. The summed E-state index contributed by atoms with van der Waals surface area (Å²) < 4.78 is 9.03. The van der Waals surface area contributed by atoms with Crippen molar-refractivity contribution in [3.8, 4) is 0 Å². The molecule has 0 radical (unpaired) electrons. The van der Waals surface area contributed by atoms with Crippen molar-refractivity contribution in [3.05, 3.63) is 24.0 Å². The standard InChI is InChI=1S/C9H11NO4/c1-13-8(11)6-3-4-10-7(5-6)9(12)14-2/h3-6,10H,1-2H3. The van der Waals surface area contributed by atoms with Gasteiger partial charge in [0.1, 0.15) is 5.70 Å². The van der Waals surface area contributed by atoms with E-state index in [1.165, 1.54) is 26.5 Å². The first-order valence-corrected chi connectivity index (χ1v) is 4.00. The van der Waals surface area contributed by atoms with Crippen LogP contribution in [0.2, 0.25) is 0 Å². The molecule has 1 heterocycles. The Kier molecular flexibility index (Phi) is 3.28. The molecule has 1 aliphatic rings. The minimum absolute atomic E-state index is 0.241. The summed E-state index contributed by atoms with van der Waals surface area (Å²) in [5, 5.41) is 2.68. The smallest absolute Gasteiger partial charge is 0.354 e. The molecular weight excluding hydrogens is 186 g/mol. The molecule has 1 N–H and O–H groups in total. The van der Waals surface area contributed by atoms with E-state index in [2.05, 4.69) is 14.8 Å². The van der Waals surface area contributed by atoms with Crippen molar-refractivity contribution in [1.29, 1.82) is 0 Å². The maximum atomic E-state index is 11.1. The number of dihydropyridines is 1. The third kappa shape index (κ3) is 2.12. The van der Waals surface area contributed by atoms with Crippen LogP contribution < -0.4 is 5.32 Å². The van der Waals surface area contributed by atoms with E-state index in [1.807, 2.05) is 0 Å². The molecule has 1 unspecified atom stereocenters. The van der Waals surface area contributed by atoms with Gasteiger partial charge in [0.15, 0.2) is 0 Å². The van der Waals surface area contributed by atoms with Crippen LogP contribution in [0.4, 0.5) is 0 Å². The van der Waals surface area contributed by atoms with Gasteiger partial charge >= 0.3 is 11.9 Å². The van der Waals surface area contributed by atoms with E-state index >= 15 is 0 Å². The van der Waals surface area contributed by atoms with Crippen LogP contribution in [0, 0.1) is 5.92 Å². The highest BCUT2D eigenvalue weighted by atomic mass is 16.5. The van der Waals surface area contributed by atoms with E-state index in [0.29, 0.717) is 0 Å². The summed E-state index contributed by atoms with van der Waals surface area (Å²) in [6, 6.07) is 0. The van der Waals surface area contributed by atoms with Crippen molar-refractivity contribution in [3.63, 3.8) is 0 Å². The van der Waals surface area contributed by atoms with Gasteiger partial charge in [-0.2, -0.15) is 0 Å². The number of methoxy groups -OCH3 is 2. The van der Waals surface area contributed by atoms with Gasteiger partial charge in [-0.1, -0.05) is 6.08 Å². The minimum atomic E-state index is -0.532. The van der Waals surface area contributed by atoms with Crippen molar-refractivity contribution >= 4 is 11.9 Å². The zero-order chi connectivity index (χ0) is 10.6. The molecule has 1 atom stereocenters. The van der Waals surface area contributed by atoms with Gasteiger partial charge in [0.25, 0.3) is 0 Å². The number of hydrogen-bond donors (Lipinski definition) is 1. The molecule has 1 aliphatic heterocycles. The first-order valence-electron chi connectivity index (χ1n) is 4.00. The highest BCUT2D eigenvalue weighted by Gasteiger charge is 2.20. The molecule has 0 fully saturated rings. The van der Waals surface area contributed by atoms with Crippen molar-refractivity contribution in [2.24, 2.45) is 5.92 Å². The van der Waals surface area contributed by atoms with Crippen LogP contribution in [0.15, 0.2) is 24.0 Å². The Morgan fingerprint density at radius 3 is 2.64 bits per heavy atom. The predicted molar refractivity (Wildman–Crippen MR) is 47.9 cm³/mol. The quantitative estimate of drug-likeness (QED) is 0.629. The van der Waals surface area contributed by atoms with Crippen LogP contribution in [-0.2, 0) is 19.1 Å². The summed E-state index contributed by atoms with van der Waals surface area (Å²) in [6.45, 7) is 0. The maximum absolute atomic E-state index is 11.1. The van der Waals surface area contributed by atoms with Crippen LogP contribution in [0.5, 0.6) is 0 Å². The molecule has 14 heavy (non-hydrogen) atoms. The molecule has 0 saturated carbocycles. The highest BCUT2D eigenvalue weighted by Crippen LogP contribution is 2.11. The van der Waals surface area contributed by atoms with Gasteiger partial charge in [-0.05, 0) is 12.3 Å². The zero-order valence-electron chi connectivity index (χ0n) is 7.94. The fourth-order valence-corrected chi connectivity index (χ4v) is 1.04. The molecule has 0 aromatic carbocycles. The second-order valence-electron chi connectivity index (χ2n) is 2.62. The van der Waals surface area contributed by atoms with Gasteiger partial charge in [0.2, 0.25) is 0 Å². The molecule has 5 nitrogen and oxygen atoms in total. The van der Waals surface area contributed by atoms with E-state index in [-0.39, 0.29) is 5.70 Å². The molecule has 5 heteroatoms. The molecule has 0 aromatic rings. The molecule has 0 bridgehead atoms. The topological polar surface area (TPSA) is 64.6 Å². The summed E-state index contributed by atoms with van der Waals surface area (Å²) in [5.41, 5.74) is 0.241. The maximum Gasteiger partial charge on any atom is 0.354 e.